The summed E-state index contributed by atoms with van der Waals surface area (Å²) in [5.41, 5.74) is 1.01. The molecule has 3 rings (SSSR count). The molecule has 0 aliphatic carbocycles. The summed E-state index contributed by atoms with van der Waals surface area (Å²) in [6, 6.07) is 19.0. The Hall–Kier alpha value is -3.92. The van der Waals surface area contributed by atoms with Crippen molar-refractivity contribution in [3.05, 3.63) is 90.2 Å². The van der Waals surface area contributed by atoms with E-state index in [1.165, 1.54) is 4.90 Å². The Morgan fingerprint density at radius 1 is 0.950 bits per heavy atom. The second-order valence-electron chi connectivity index (χ2n) is 9.22. The van der Waals surface area contributed by atoms with Gasteiger partial charge in [-0.25, -0.2) is 12.8 Å². The Balaban J connectivity index is 1.99. The minimum absolute atomic E-state index is 0.107. The first-order valence-electron chi connectivity index (χ1n) is 13.3. The van der Waals surface area contributed by atoms with Crippen LogP contribution in [0.15, 0.2) is 83.8 Å². The zero-order valence-electron chi connectivity index (χ0n) is 23.0. The number of carbonyl (C=O) groups excluding carboxylic acids is 2. The first kappa shape index (κ1) is 30.6. The molecule has 214 valence electrons. The molecule has 3 aromatic carbocycles. The molecule has 0 bridgehead atoms. The van der Waals surface area contributed by atoms with Crippen LogP contribution in [0, 0.1) is 5.82 Å². The van der Waals surface area contributed by atoms with Gasteiger partial charge in [0.1, 0.15) is 24.2 Å². The van der Waals surface area contributed by atoms with Crippen molar-refractivity contribution in [1.82, 2.24) is 10.2 Å². The van der Waals surface area contributed by atoms with Crippen LogP contribution in [-0.4, -0.2) is 50.9 Å². The highest BCUT2D eigenvalue weighted by molar-refractivity contribution is 7.92. The van der Waals surface area contributed by atoms with Crippen molar-refractivity contribution in [3.8, 4) is 5.75 Å². The Morgan fingerprint density at radius 3 is 2.20 bits per heavy atom. The van der Waals surface area contributed by atoms with Crippen molar-refractivity contribution < 1.29 is 27.1 Å². The number of sulfonamides is 1. The quantitative estimate of drug-likeness (QED) is 0.283. The van der Waals surface area contributed by atoms with Gasteiger partial charge in [0.15, 0.2) is 0 Å². The molecule has 1 N–H and O–H groups in total. The standard InChI is InChI=1S/C30H36FN3O5S/c1-4-6-20-32-30(36)23(3)33(21-24-10-8-7-9-11-24)29(35)22-34(26-14-16-27(17-15-26)39-5-2)40(37,38)28-18-12-25(31)13-19-28/h7-19,23H,4-6,20-22H2,1-3H3,(H,32,36)/t23-/m0/s1. The molecule has 0 unspecified atom stereocenters. The number of amides is 2. The molecule has 0 aromatic heterocycles. The number of hydrogen-bond acceptors (Lipinski definition) is 5. The van der Waals surface area contributed by atoms with E-state index in [1.807, 2.05) is 44.2 Å². The summed E-state index contributed by atoms with van der Waals surface area (Å²) in [5.74, 6) is -0.937. The molecular weight excluding hydrogens is 533 g/mol. The lowest BCUT2D eigenvalue weighted by atomic mass is 10.1. The van der Waals surface area contributed by atoms with Crippen LogP contribution in [0.5, 0.6) is 5.75 Å². The molecule has 3 aromatic rings. The number of rotatable bonds is 14. The lowest BCUT2D eigenvalue weighted by Gasteiger charge is -2.32. The molecule has 1 atom stereocenters. The van der Waals surface area contributed by atoms with Crippen molar-refractivity contribution in [3.63, 3.8) is 0 Å². The third kappa shape index (κ3) is 8.05. The lowest BCUT2D eigenvalue weighted by Crippen LogP contribution is -2.51. The summed E-state index contributed by atoms with van der Waals surface area (Å²) in [4.78, 5) is 28.0. The van der Waals surface area contributed by atoms with Crippen LogP contribution >= 0.6 is 0 Å². The van der Waals surface area contributed by atoms with E-state index in [0.29, 0.717) is 18.9 Å². The molecule has 0 heterocycles. The molecular formula is C30H36FN3O5S. The molecule has 0 aliphatic heterocycles. The van der Waals surface area contributed by atoms with E-state index in [0.717, 1.165) is 47.0 Å². The fourth-order valence-electron chi connectivity index (χ4n) is 4.04. The van der Waals surface area contributed by atoms with Crippen LogP contribution in [0.25, 0.3) is 0 Å². The van der Waals surface area contributed by atoms with Gasteiger partial charge in [-0.2, -0.15) is 0 Å². The monoisotopic (exact) mass is 569 g/mol. The maximum absolute atomic E-state index is 13.9. The first-order chi connectivity index (χ1) is 19.2. The molecule has 0 saturated heterocycles. The van der Waals surface area contributed by atoms with Gasteiger partial charge in [0.2, 0.25) is 11.8 Å². The number of hydrogen-bond donors (Lipinski definition) is 1. The average Bonchev–Trinajstić information content (AvgIpc) is 2.95. The van der Waals surface area contributed by atoms with Gasteiger partial charge in [0, 0.05) is 13.1 Å². The van der Waals surface area contributed by atoms with Gasteiger partial charge in [-0.15, -0.1) is 0 Å². The number of ether oxygens (including phenoxy) is 1. The highest BCUT2D eigenvalue weighted by atomic mass is 32.2. The Morgan fingerprint density at radius 2 is 1.60 bits per heavy atom. The van der Waals surface area contributed by atoms with Crippen molar-refractivity contribution in [2.45, 2.75) is 51.1 Å². The summed E-state index contributed by atoms with van der Waals surface area (Å²) in [7, 11) is -4.28. The number of unbranched alkanes of at least 4 members (excludes halogenated alkanes) is 1. The van der Waals surface area contributed by atoms with Crippen molar-refractivity contribution >= 4 is 27.5 Å². The van der Waals surface area contributed by atoms with Crippen LogP contribution in [0.4, 0.5) is 10.1 Å². The first-order valence-corrected chi connectivity index (χ1v) is 14.7. The summed E-state index contributed by atoms with van der Waals surface area (Å²) in [6.45, 7) is 5.91. The van der Waals surface area contributed by atoms with E-state index in [-0.39, 0.29) is 23.0 Å². The topological polar surface area (TPSA) is 96.0 Å². The second kappa shape index (κ2) is 14.5. The largest absolute Gasteiger partial charge is 0.494 e. The Kier molecular flexibility index (Phi) is 11.1. The Bertz CT molecular complexity index is 1350. The molecule has 8 nitrogen and oxygen atoms in total. The van der Waals surface area contributed by atoms with E-state index in [4.69, 9.17) is 4.74 Å². The predicted molar refractivity (Wildman–Crippen MR) is 153 cm³/mol. The smallest absolute Gasteiger partial charge is 0.264 e. The number of benzene rings is 3. The number of carbonyl (C=O) groups is 2. The predicted octanol–water partition coefficient (Wildman–Crippen LogP) is 4.75. The fourth-order valence-corrected chi connectivity index (χ4v) is 5.45. The van der Waals surface area contributed by atoms with Crippen LogP contribution in [-0.2, 0) is 26.2 Å². The maximum Gasteiger partial charge on any atom is 0.264 e. The molecule has 10 heteroatoms. The van der Waals surface area contributed by atoms with Crippen molar-refractivity contribution in [2.24, 2.45) is 0 Å². The fraction of sp³-hybridized carbons (Fsp3) is 0.333. The highest BCUT2D eigenvalue weighted by Crippen LogP contribution is 2.27. The number of anilines is 1. The maximum atomic E-state index is 13.9. The molecule has 0 saturated carbocycles. The number of halogens is 1. The van der Waals surface area contributed by atoms with Gasteiger partial charge in [-0.05, 0) is 74.4 Å². The summed E-state index contributed by atoms with van der Waals surface area (Å²) < 4.78 is 47.6. The van der Waals surface area contributed by atoms with Gasteiger partial charge in [0.25, 0.3) is 10.0 Å². The molecule has 0 spiro atoms. The van der Waals surface area contributed by atoms with Gasteiger partial charge >= 0.3 is 0 Å². The van der Waals surface area contributed by atoms with E-state index >= 15 is 0 Å². The van der Waals surface area contributed by atoms with Gasteiger partial charge < -0.3 is 15.0 Å². The van der Waals surface area contributed by atoms with E-state index < -0.39 is 34.3 Å². The minimum Gasteiger partial charge on any atom is -0.494 e. The van der Waals surface area contributed by atoms with Crippen LogP contribution in [0.3, 0.4) is 0 Å². The van der Waals surface area contributed by atoms with E-state index in [2.05, 4.69) is 5.32 Å². The lowest BCUT2D eigenvalue weighted by molar-refractivity contribution is -0.139. The summed E-state index contributed by atoms with van der Waals surface area (Å²) >= 11 is 0. The number of nitrogens with zero attached hydrogens (tertiary/aromatic N) is 2. The molecule has 2 amide bonds. The average molecular weight is 570 g/mol. The third-order valence-corrected chi connectivity index (χ3v) is 8.10. The zero-order chi connectivity index (χ0) is 29.1. The molecule has 40 heavy (non-hydrogen) atoms. The summed E-state index contributed by atoms with van der Waals surface area (Å²) in [5, 5.41) is 2.85. The molecule has 0 fully saturated rings. The molecule has 0 radical (unpaired) electrons. The normalized spacial score (nSPS) is 11.9. The Labute approximate surface area is 235 Å². The van der Waals surface area contributed by atoms with Crippen LogP contribution in [0.2, 0.25) is 0 Å². The van der Waals surface area contributed by atoms with E-state index in [9.17, 15) is 22.4 Å². The summed E-state index contributed by atoms with van der Waals surface area (Å²) in [6.07, 6.45) is 1.70. The third-order valence-electron chi connectivity index (χ3n) is 6.31. The zero-order valence-corrected chi connectivity index (χ0v) is 23.9. The van der Waals surface area contributed by atoms with Crippen molar-refractivity contribution in [2.75, 3.05) is 24.0 Å². The minimum atomic E-state index is -4.28. The number of nitrogens with one attached hydrogen (secondary N) is 1. The van der Waals surface area contributed by atoms with Crippen molar-refractivity contribution in [1.29, 1.82) is 0 Å². The van der Waals surface area contributed by atoms with Crippen LogP contribution in [0.1, 0.15) is 39.2 Å². The van der Waals surface area contributed by atoms with Gasteiger partial charge in [-0.3, -0.25) is 13.9 Å². The molecule has 0 aliphatic rings. The highest BCUT2D eigenvalue weighted by Gasteiger charge is 2.32. The van der Waals surface area contributed by atoms with E-state index in [1.54, 1.807) is 31.2 Å². The second-order valence-corrected chi connectivity index (χ2v) is 11.1. The van der Waals surface area contributed by atoms with Crippen LogP contribution < -0.4 is 14.4 Å². The van der Waals surface area contributed by atoms with Gasteiger partial charge in [0.05, 0.1) is 17.2 Å². The van der Waals surface area contributed by atoms with Gasteiger partial charge in [-0.1, -0.05) is 43.7 Å². The SMILES string of the molecule is CCCCNC(=O)[C@H](C)N(Cc1ccccc1)C(=O)CN(c1ccc(OCC)cc1)S(=O)(=O)c1ccc(F)cc1.